The molecular weight excluding hydrogens is 352 g/mol. The molecule has 9 heteroatoms. The largest absolute Gasteiger partial charge is 0.355 e. The van der Waals surface area contributed by atoms with E-state index < -0.39 is 0 Å². The molecule has 0 aliphatic carbocycles. The molecular formula is C14H24N4O2S3. The maximum atomic E-state index is 11.8. The van der Waals surface area contributed by atoms with Crippen molar-refractivity contribution in [1.29, 1.82) is 0 Å². The van der Waals surface area contributed by atoms with Gasteiger partial charge in [0.25, 0.3) is 0 Å². The summed E-state index contributed by atoms with van der Waals surface area (Å²) in [6, 6.07) is 0. The molecule has 1 aromatic heterocycles. The summed E-state index contributed by atoms with van der Waals surface area (Å²) in [5.41, 5.74) is 0. The molecule has 130 valence electrons. The molecule has 1 aromatic rings. The Hall–Kier alpha value is -0.800. The lowest BCUT2D eigenvalue weighted by Crippen LogP contribution is -2.31. The van der Waals surface area contributed by atoms with Gasteiger partial charge in [-0.2, -0.15) is 0 Å². The number of carbonyl (C=O) groups excluding carboxylic acids is 2. The third-order valence-electron chi connectivity index (χ3n) is 2.78. The van der Waals surface area contributed by atoms with E-state index in [4.69, 9.17) is 0 Å². The van der Waals surface area contributed by atoms with Crippen LogP contribution in [-0.4, -0.2) is 45.6 Å². The number of rotatable bonds is 10. The van der Waals surface area contributed by atoms with E-state index in [2.05, 4.69) is 20.8 Å². The van der Waals surface area contributed by atoms with Crippen molar-refractivity contribution in [2.75, 3.05) is 13.1 Å². The zero-order valence-electron chi connectivity index (χ0n) is 13.9. The van der Waals surface area contributed by atoms with Crippen LogP contribution in [0.25, 0.3) is 0 Å². The summed E-state index contributed by atoms with van der Waals surface area (Å²) in [6.07, 6.45) is 1.83. The third kappa shape index (κ3) is 7.54. The average molecular weight is 377 g/mol. The first-order valence-corrected chi connectivity index (χ1v) is 10.3. The summed E-state index contributed by atoms with van der Waals surface area (Å²) in [7, 11) is 0. The number of hydrogen-bond donors (Lipinski definition) is 2. The fourth-order valence-electron chi connectivity index (χ4n) is 1.49. The second-order valence-corrected chi connectivity index (χ2v) is 9.09. The van der Waals surface area contributed by atoms with Crippen LogP contribution in [0.4, 0.5) is 0 Å². The number of aromatic nitrogens is 2. The highest BCUT2D eigenvalue weighted by Gasteiger charge is 2.19. The van der Waals surface area contributed by atoms with Crippen LogP contribution in [0.3, 0.4) is 0 Å². The standard InChI is InChI=1S/C14H24N4O2S3/c1-5-7-15-11(19)9(3)21-13-17-18-14(23-13)22-10(4)12(20)16-8-6-2/h9-10H,5-8H2,1-4H3,(H,15,19)(H,16,20)/t9-,10+. The van der Waals surface area contributed by atoms with Crippen LogP contribution in [0.2, 0.25) is 0 Å². The van der Waals surface area contributed by atoms with Crippen LogP contribution in [0, 0.1) is 0 Å². The van der Waals surface area contributed by atoms with Gasteiger partial charge in [0.1, 0.15) is 0 Å². The number of carbonyl (C=O) groups is 2. The lowest BCUT2D eigenvalue weighted by molar-refractivity contribution is -0.121. The number of hydrogen-bond acceptors (Lipinski definition) is 7. The summed E-state index contributed by atoms with van der Waals surface area (Å²) in [4.78, 5) is 23.7. The molecule has 6 nitrogen and oxygen atoms in total. The van der Waals surface area contributed by atoms with Crippen molar-refractivity contribution in [3.8, 4) is 0 Å². The van der Waals surface area contributed by atoms with E-state index in [0.29, 0.717) is 13.1 Å². The topological polar surface area (TPSA) is 84.0 Å². The Balaban J connectivity index is 2.48. The van der Waals surface area contributed by atoms with Crippen molar-refractivity contribution in [2.24, 2.45) is 0 Å². The van der Waals surface area contributed by atoms with Crippen LogP contribution in [0.1, 0.15) is 40.5 Å². The van der Waals surface area contributed by atoms with Crippen molar-refractivity contribution in [1.82, 2.24) is 20.8 Å². The van der Waals surface area contributed by atoms with Gasteiger partial charge in [0.05, 0.1) is 10.5 Å². The van der Waals surface area contributed by atoms with Gasteiger partial charge in [-0.3, -0.25) is 9.59 Å². The number of amides is 2. The van der Waals surface area contributed by atoms with Crippen LogP contribution in [-0.2, 0) is 9.59 Å². The molecule has 0 aliphatic rings. The Bertz CT molecular complexity index is 467. The lowest BCUT2D eigenvalue weighted by Gasteiger charge is -2.09. The molecule has 0 bridgehead atoms. The molecule has 0 unspecified atom stereocenters. The Labute approximate surface area is 150 Å². The van der Waals surface area contributed by atoms with Gasteiger partial charge in [-0.1, -0.05) is 48.7 Å². The highest BCUT2D eigenvalue weighted by Crippen LogP contribution is 2.33. The normalized spacial score (nSPS) is 13.4. The van der Waals surface area contributed by atoms with E-state index in [9.17, 15) is 9.59 Å². The minimum atomic E-state index is -0.211. The maximum Gasteiger partial charge on any atom is 0.233 e. The first-order chi connectivity index (χ1) is 11.0. The Kier molecular flexibility index (Phi) is 9.57. The van der Waals surface area contributed by atoms with Gasteiger partial charge in [0, 0.05) is 13.1 Å². The van der Waals surface area contributed by atoms with Gasteiger partial charge in [-0.25, -0.2) is 0 Å². The molecule has 1 rings (SSSR count). The molecule has 2 atom stereocenters. The molecule has 0 saturated heterocycles. The van der Waals surface area contributed by atoms with Crippen LogP contribution in [0.15, 0.2) is 8.68 Å². The highest BCUT2D eigenvalue weighted by molar-refractivity contribution is 8.04. The number of thioether (sulfide) groups is 2. The Morgan fingerprint density at radius 1 is 0.957 bits per heavy atom. The van der Waals surface area contributed by atoms with E-state index in [1.54, 1.807) is 0 Å². The summed E-state index contributed by atoms with van der Waals surface area (Å²) in [5, 5.41) is 13.5. The zero-order chi connectivity index (χ0) is 17.2. The molecule has 0 aliphatic heterocycles. The Morgan fingerprint density at radius 3 is 1.70 bits per heavy atom. The molecule has 0 fully saturated rings. The van der Waals surface area contributed by atoms with Crippen LogP contribution < -0.4 is 10.6 Å². The SMILES string of the molecule is CCCNC(=O)[C@H](C)Sc1nnc(S[C@H](C)C(=O)NCCC)s1. The summed E-state index contributed by atoms with van der Waals surface area (Å²) >= 11 is 4.20. The monoisotopic (exact) mass is 376 g/mol. The number of nitrogens with one attached hydrogen (secondary N) is 2. The molecule has 1 heterocycles. The van der Waals surface area contributed by atoms with Gasteiger partial charge in [-0.05, 0) is 26.7 Å². The van der Waals surface area contributed by atoms with Crippen LogP contribution >= 0.6 is 34.9 Å². The summed E-state index contributed by atoms with van der Waals surface area (Å²) < 4.78 is 1.49. The van der Waals surface area contributed by atoms with Crippen molar-refractivity contribution < 1.29 is 9.59 Å². The van der Waals surface area contributed by atoms with Gasteiger partial charge < -0.3 is 10.6 Å². The van der Waals surface area contributed by atoms with E-state index in [1.807, 2.05) is 27.7 Å². The average Bonchev–Trinajstić information content (AvgIpc) is 2.96. The molecule has 0 spiro atoms. The third-order valence-corrected chi connectivity index (χ3v) is 6.07. The van der Waals surface area contributed by atoms with Gasteiger partial charge in [0.15, 0.2) is 8.68 Å². The first kappa shape index (κ1) is 20.2. The predicted octanol–water partition coefficient (Wildman–Crippen LogP) is 2.55. The fraction of sp³-hybridized carbons (Fsp3) is 0.714. The molecule has 2 amide bonds. The summed E-state index contributed by atoms with van der Waals surface area (Å²) in [5.74, 6) is 0.0159. The van der Waals surface area contributed by atoms with Crippen molar-refractivity contribution in [2.45, 2.75) is 59.7 Å². The molecule has 0 radical (unpaired) electrons. The van der Waals surface area contributed by atoms with Crippen molar-refractivity contribution in [3.05, 3.63) is 0 Å². The van der Waals surface area contributed by atoms with Crippen LogP contribution in [0.5, 0.6) is 0 Å². The highest BCUT2D eigenvalue weighted by atomic mass is 32.2. The summed E-state index contributed by atoms with van der Waals surface area (Å²) in [6.45, 7) is 9.11. The Morgan fingerprint density at radius 2 is 1.35 bits per heavy atom. The van der Waals surface area contributed by atoms with Crippen molar-refractivity contribution >= 4 is 46.7 Å². The molecule has 0 aromatic carbocycles. The predicted molar refractivity (Wildman–Crippen MR) is 97.1 cm³/mol. The zero-order valence-corrected chi connectivity index (χ0v) is 16.4. The van der Waals surface area contributed by atoms with Gasteiger partial charge in [-0.15, -0.1) is 10.2 Å². The van der Waals surface area contributed by atoms with E-state index in [1.165, 1.54) is 34.9 Å². The molecule has 2 N–H and O–H groups in total. The smallest absolute Gasteiger partial charge is 0.233 e. The quantitative estimate of drug-likeness (QED) is 0.611. The minimum Gasteiger partial charge on any atom is -0.355 e. The maximum absolute atomic E-state index is 11.8. The second kappa shape index (κ2) is 10.9. The second-order valence-electron chi connectivity index (χ2n) is 4.94. The minimum absolute atomic E-state index is 0.00793. The first-order valence-electron chi connectivity index (χ1n) is 7.70. The van der Waals surface area contributed by atoms with E-state index in [-0.39, 0.29) is 22.3 Å². The van der Waals surface area contributed by atoms with E-state index in [0.717, 1.165) is 21.5 Å². The molecule has 23 heavy (non-hydrogen) atoms. The van der Waals surface area contributed by atoms with E-state index >= 15 is 0 Å². The lowest BCUT2D eigenvalue weighted by atomic mass is 10.4. The van der Waals surface area contributed by atoms with Gasteiger partial charge in [0.2, 0.25) is 11.8 Å². The fourth-order valence-corrected chi connectivity index (χ4v) is 4.84. The number of nitrogens with zero attached hydrogens (tertiary/aromatic N) is 2. The molecule has 0 saturated carbocycles. The van der Waals surface area contributed by atoms with Gasteiger partial charge >= 0.3 is 0 Å². The van der Waals surface area contributed by atoms with Crippen molar-refractivity contribution in [3.63, 3.8) is 0 Å².